The standard InChI is InChI=1S/C10H13O2.BrH.Zn/c1-4-8-5-6-9(11-2)10(7-8)12-3;;/h5-7H,1,4H2,2-3H3;1H;/q-1;;+2/p-1. The Balaban J connectivity index is 0.000000791. The minimum atomic E-state index is 0.759. The average Bonchev–Trinajstić information content (AvgIpc) is 2.30. The van der Waals surface area contributed by atoms with Crippen molar-refractivity contribution >= 4 is 13.6 Å². The first-order valence-electron chi connectivity index (χ1n) is 4.08. The van der Waals surface area contributed by atoms with Gasteiger partial charge in [-0.05, 0) is 12.1 Å². The Bertz CT molecular complexity index is 266. The Kier molecular flexibility index (Phi) is 8.20. The molecule has 0 aliphatic heterocycles. The molecule has 0 atom stereocenters. The molecule has 0 unspecified atom stereocenters. The van der Waals surface area contributed by atoms with Crippen LogP contribution in [0.2, 0.25) is 0 Å². The molecule has 0 amide bonds. The van der Waals surface area contributed by atoms with E-state index in [1.165, 1.54) is 16.3 Å². The molecule has 2 nitrogen and oxygen atoms in total. The summed E-state index contributed by atoms with van der Waals surface area (Å²) in [5.74, 6) is 1.52. The van der Waals surface area contributed by atoms with Gasteiger partial charge in [-0.2, -0.15) is 6.42 Å². The van der Waals surface area contributed by atoms with Crippen LogP contribution in [0.1, 0.15) is 5.56 Å². The first-order chi connectivity index (χ1) is 6.81. The fraction of sp³-hybridized carbons (Fsp3) is 0.300. The minimum absolute atomic E-state index is 0.759. The Morgan fingerprint density at radius 2 is 1.79 bits per heavy atom. The summed E-state index contributed by atoms with van der Waals surface area (Å²) in [4.78, 5) is 0. The molecule has 74 valence electrons. The predicted molar refractivity (Wildman–Crippen MR) is 57.5 cm³/mol. The zero-order valence-corrected chi connectivity index (χ0v) is 13.1. The van der Waals surface area contributed by atoms with Crippen LogP contribution < -0.4 is 9.47 Å². The molecular formula is C10H13BrO2Zn. The van der Waals surface area contributed by atoms with Gasteiger partial charge in [0.05, 0.1) is 14.2 Å². The molecular weight excluding hydrogens is 297 g/mol. The van der Waals surface area contributed by atoms with Crippen LogP contribution in [0.15, 0.2) is 18.2 Å². The number of hydrogen-bond acceptors (Lipinski definition) is 2. The monoisotopic (exact) mass is 308 g/mol. The van der Waals surface area contributed by atoms with Crippen LogP contribution in [0.4, 0.5) is 0 Å². The number of halogens is 1. The van der Waals surface area contributed by atoms with Gasteiger partial charge in [-0.1, -0.05) is 11.6 Å². The van der Waals surface area contributed by atoms with Crippen molar-refractivity contribution < 1.29 is 25.8 Å². The Hall–Kier alpha value is -0.0766. The first kappa shape index (κ1) is 13.9. The summed E-state index contributed by atoms with van der Waals surface area (Å²) in [6.45, 7) is 3.79. The second kappa shape index (κ2) is 8.25. The fourth-order valence-electron chi connectivity index (χ4n) is 1.04. The van der Waals surface area contributed by atoms with E-state index in [1.807, 2.05) is 18.2 Å². The van der Waals surface area contributed by atoms with E-state index in [0.29, 0.717) is 0 Å². The van der Waals surface area contributed by atoms with Gasteiger partial charge in [-0.3, -0.25) is 0 Å². The Morgan fingerprint density at radius 3 is 2.21 bits per heavy atom. The van der Waals surface area contributed by atoms with E-state index in [1.54, 1.807) is 14.2 Å². The van der Waals surface area contributed by atoms with Gasteiger partial charge in [0.15, 0.2) is 11.5 Å². The first-order valence-corrected chi connectivity index (χ1v) is 11.0. The van der Waals surface area contributed by atoms with Gasteiger partial charge in [0.1, 0.15) is 0 Å². The van der Waals surface area contributed by atoms with Gasteiger partial charge >= 0.3 is 30.0 Å². The summed E-state index contributed by atoms with van der Waals surface area (Å²) in [5.41, 5.74) is 1.15. The number of methoxy groups -OCH3 is 2. The van der Waals surface area contributed by atoms with Crippen molar-refractivity contribution in [1.29, 1.82) is 0 Å². The number of hydrogen-bond donors (Lipinski definition) is 0. The van der Waals surface area contributed by atoms with Crippen LogP contribution in [0.25, 0.3) is 0 Å². The summed E-state index contributed by atoms with van der Waals surface area (Å²) in [5, 5.41) is 0. The third kappa shape index (κ3) is 3.97. The van der Waals surface area contributed by atoms with E-state index >= 15 is 0 Å². The molecule has 0 aromatic heterocycles. The summed E-state index contributed by atoms with van der Waals surface area (Å²) in [7, 11) is 3.26. The van der Waals surface area contributed by atoms with Crippen LogP contribution in [-0.4, -0.2) is 14.2 Å². The zero-order chi connectivity index (χ0) is 11.0. The third-order valence-electron chi connectivity index (χ3n) is 1.74. The molecule has 0 N–H and O–H groups in total. The molecule has 0 bridgehead atoms. The van der Waals surface area contributed by atoms with Crippen molar-refractivity contribution in [1.82, 2.24) is 0 Å². The van der Waals surface area contributed by atoms with Crippen LogP contribution in [0.3, 0.4) is 0 Å². The SMILES string of the molecule is [CH2-]Cc1ccc(OC)c(OC)c1.[Zn+][Br]. The molecule has 0 radical (unpaired) electrons. The number of benzene rings is 1. The molecule has 14 heavy (non-hydrogen) atoms. The van der Waals surface area contributed by atoms with Gasteiger partial charge < -0.3 is 16.4 Å². The maximum atomic E-state index is 5.13. The summed E-state index contributed by atoms with van der Waals surface area (Å²) in [6.07, 6.45) is 0.764. The summed E-state index contributed by atoms with van der Waals surface area (Å²) in [6, 6.07) is 5.81. The average molecular weight is 311 g/mol. The van der Waals surface area contributed by atoms with Crippen molar-refractivity contribution in [3.63, 3.8) is 0 Å². The van der Waals surface area contributed by atoms with Crippen LogP contribution in [0.5, 0.6) is 11.5 Å². The van der Waals surface area contributed by atoms with Crippen LogP contribution >= 0.6 is 13.6 Å². The van der Waals surface area contributed by atoms with E-state index in [9.17, 15) is 0 Å². The number of ether oxygens (including phenoxy) is 2. The maximum absolute atomic E-state index is 5.13. The van der Waals surface area contributed by atoms with E-state index < -0.39 is 0 Å². The van der Waals surface area contributed by atoms with Crippen molar-refractivity contribution in [2.24, 2.45) is 0 Å². The molecule has 4 heteroatoms. The quantitative estimate of drug-likeness (QED) is 0.631. The van der Waals surface area contributed by atoms with Gasteiger partial charge in [0.2, 0.25) is 0 Å². The molecule has 0 aliphatic rings. The molecule has 0 aliphatic carbocycles. The molecule has 1 rings (SSSR count). The van der Waals surface area contributed by atoms with E-state index in [0.717, 1.165) is 23.5 Å². The topological polar surface area (TPSA) is 18.5 Å². The van der Waals surface area contributed by atoms with Crippen LogP contribution in [0, 0.1) is 6.92 Å². The molecule has 0 saturated heterocycles. The summed E-state index contributed by atoms with van der Waals surface area (Å²) < 4.78 is 10.2. The molecule has 1 aromatic carbocycles. The van der Waals surface area contributed by atoms with Crippen molar-refractivity contribution in [3.05, 3.63) is 30.7 Å². The predicted octanol–water partition coefficient (Wildman–Crippen LogP) is 2.92. The van der Waals surface area contributed by atoms with E-state index in [4.69, 9.17) is 9.47 Å². The van der Waals surface area contributed by atoms with Crippen molar-refractivity contribution in [3.8, 4) is 11.5 Å². The van der Waals surface area contributed by atoms with Crippen molar-refractivity contribution in [2.75, 3.05) is 14.2 Å². The molecule has 0 heterocycles. The summed E-state index contributed by atoms with van der Waals surface area (Å²) >= 11 is 4.25. The van der Waals surface area contributed by atoms with Gasteiger partial charge in [-0.25, -0.2) is 0 Å². The Morgan fingerprint density at radius 1 is 1.21 bits per heavy atom. The fourth-order valence-corrected chi connectivity index (χ4v) is 1.04. The molecule has 0 spiro atoms. The normalized spacial score (nSPS) is 8.71. The van der Waals surface area contributed by atoms with Crippen LogP contribution in [-0.2, 0) is 22.8 Å². The van der Waals surface area contributed by atoms with Gasteiger partial charge in [0, 0.05) is 0 Å². The second-order valence-electron chi connectivity index (χ2n) is 2.44. The number of rotatable bonds is 3. The third-order valence-corrected chi connectivity index (χ3v) is 1.74. The molecule has 1 aromatic rings. The van der Waals surface area contributed by atoms with Gasteiger partial charge in [0.25, 0.3) is 0 Å². The molecule has 0 saturated carbocycles. The van der Waals surface area contributed by atoms with Crippen molar-refractivity contribution in [2.45, 2.75) is 6.42 Å². The second-order valence-corrected chi connectivity index (χ2v) is 2.44. The Labute approximate surface area is 102 Å². The zero-order valence-electron chi connectivity index (χ0n) is 8.55. The van der Waals surface area contributed by atoms with E-state index in [-0.39, 0.29) is 0 Å². The molecule has 0 fully saturated rings. The van der Waals surface area contributed by atoms with E-state index in [2.05, 4.69) is 20.5 Å². The van der Waals surface area contributed by atoms with Gasteiger partial charge in [-0.15, -0.1) is 0 Å².